The molecule has 3 heteroatoms. The highest BCUT2D eigenvalue weighted by molar-refractivity contribution is 5.08. The Morgan fingerprint density at radius 1 is 0.769 bits per heavy atom. The molecule has 0 spiro atoms. The second-order valence-corrected chi connectivity index (χ2v) is 16.5. The van der Waals surface area contributed by atoms with Gasteiger partial charge in [-0.3, -0.25) is 4.90 Å². The lowest BCUT2D eigenvalue weighted by atomic mass is 9.63. The van der Waals surface area contributed by atoms with E-state index in [2.05, 4.69) is 25.7 Å². The summed E-state index contributed by atoms with van der Waals surface area (Å²) in [4.78, 5) is 3.12. The number of methoxy groups -OCH3 is 1. The summed E-state index contributed by atoms with van der Waals surface area (Å²) >= 11 is 0. The van der Waals surface area contributed by atoms with Crippen LogP contribution in [0.25, 0.3) is 0 Å². The SMILES string of the molecule is COC1CCC(CN2C(CCC3C4CC5C(CC4C(C)(C)C3C)OC3CCCCC35)CC3CCCCC32)CC1. The first-order valence-electron chi connectivity index (χ1n) is 17.9. The number of fused-ring (bicyclic) bond motifs is 5. The Morgan fingerprint density at radius 2 is 1.54 bits per heavy atom. The standard InChI is InChI=1S/C36H61NO2/c1-23-28(30-20-31-29-10-6-8-12-34(29)39-35(31)21-32(30)36(23,2)3)18-15-26-19-25-9-5-7-11-33(25)37(26)22-24-13-16-27(38-4)17-14-24/h23-35H,5-22H2,1-4H3. The van der Waals surface area contributed by atoms with Crippen LogP contribution in [-0.4, -0.2) is 49.0 Å². The lowest BCUT2D eigenvalue weighted by Crippen LogP contribution is -2.43. The molecule has 11 unspecified atom stereocenters. The van der Waals surface area contributed by atoms with E-state index in [1.165, 1.54) is 116 Å². The first-order valence-corrected chi connectivity index (χ1v) is 17.9. The summed E-state index contributed by atoms with van der Waals surface area (Å²) in [5.41, 5.74) is 0.473. The first-order chi connectivity index (χ1) is 18.9. The Hall–Kier alpha value is -0.120. The monoisotopic (exact) mass is 539 g/mol. The second-order valence-electron chi connectivity index (χ2n) is 16.5. The molecule has 2 aliphatic heterocycles. The van der Waals surface area contributed by atoms with E-state index in [1.807, 2.05) is 7.11 Å². The minimum atomic E-state index is 0.473. The molecule has 5 aliphatic carbocycles. The van der Waals surface area contributed by atoms with Gasteiger partial charge in [-0.2, -0.15) is 0 Å². The fraction of sp³-hybridized carbons (Fsp3) is 1.00. The third-order valence-corrected chi connectivity index (χ3v) is 14.8. The van der Waals surface area contributed by atoms with E-state index in [-0.39, 0.29) is 0 Å². The van der Waals surface area contributed by atoms with Gasteiger partial charge in [0.25, 0.3) is 0 Å². The van der Waals surface area contributed by atoms with E-state index >= 15 is 0 Å². The van der Waals surface area contributed by atoms with Crippen LogP contribution in [0.15, 0.2) is 0 Å². The van der Waals surface area contributed by atoms with E-state index in [0.717, 1.165) is 59.4 Å². The molecule has 0 N–H and O–H groups in total. The van der Waals surface area contributed by atoms with Crippen molar-refractivity contribution in [3.05, 3.63) is 0 Å². The van der Waals surface area contributed by atoms with Crippen LogP contribution in [0.5, 0.6) is 0 Å². The summed E-state index contributed by atoms with van der Waals surface area (Å²) < 4.78 is 12.5. The molecule has 0 aromatic carbocycles. The van der Waals surface area contributed by atoms with Crippen LogP contribution < -0.4 is 0 Å². The van der Waals surface area contributed by atoms with Crippen LogP contribution >= 0.6 is 0 Å². The van der Waals surface area contributed by atoms with Crippen molar-refractivity contribution in [3.63, 3.8) is 0 Å². The van der Waals surface area contributed by atoms with E-state index < -0.39 is 0 Å². The third-order valence-electron chi connectivity index (χ3n) is 14.8. The van der Waals surface area contributed by atoms with Crippen LogP contribution in [0, 0.1) is 52.8 Å². The maximum absolute atomic E-state index is 6.82. The van der Waals surface area contributed by atoms with Crippen molar-refractivity contribution in [3.8, 4) is 0 Å². The number of hydrogen-bond acceptors (Lipinski definition) is 3. The molecule has 0 aromatic rings. The molecule has 0 radical (unpaired) electrons. The van der Waals surface area contributed by atoms with Gasteiger partial charge in [0.05, 0.1) is 18.3 Å². The molecule has 0 bridgehead atoms. The normalized spacial score (nSPS) is 51.2. The Bertz CT molecular complexity index is 834. The zero-order valence-electron chi connectivity index (χ0n) is 26.0. The zero-order valence-corrected chi connectivity index (χ0v) is 26.0. The summed E-state index contributed by atoms with van der Waals surface area (Å²) in [5.74, 6) is 7.33. The fourth-order valence-corrected chi connectivity index (χ4v) is 12.4. The van der Waals surface area contributed by atoms with E-state index in [9.17, 15) is 0 Å². The number of rotatable bonds is 6. The molecule has 222 valence electrons. The summed E-state index contributed by atoms with van der Waals surface area (Å²) in [6.45, 7) is 9.34. The second kappa shape index (κ2) is 11.2. The number of nitrogens with zero attached hydrogens (tertiary/aromatic N) is 1. The van der Waals surface area contributed by atoms with Crippen LogP contribution in [0.4, 0.5) is 0 Å². The third kappa shape index (κ3) is 4.99. The van der Waals surface area contributed by atoms with Gasteiger partial charge < -0.3 is 9.47 Å². The van der Waals surface area contributed by atoms with Gasteiger partial charge in [-0.05, 0) is 136 Å². The smallest absolute Gasteiger partial charge is 0.0613 e. The molecule has 2 heterocycles. The highest BCUT2D eigenvalue weighted by Crippen LogP contribution is 2.64. The van der Waals surface area contributed by atoms with Crippen molar-refractivity contribution in [1.29, 1.82) is 0 Å². The minimum Gasteiger partial charge on any atom is -0.381 e. The topological polar surface area (TPSA) is 21.7 Å². The molecule has 2 saturated heterocycles. The van der Waals surface area contributed by atoms with Crippen molar-refractivity contribution in [2.75, 3.05) is 13.7 Å². The van der Waals surface area contributed by atoms with E-state index in [4.69, 9.17) is 9.47 Å². The zero-order chi connectivity index (χ0) is 26.7. The van der Waals surface area contributed by atoms with Gasteiger partial charge in [-0.1, -0.05) is 46.5 Å². The molecule has 11 atom stereocenters. The molecule has 39 heavy (non-hydrogen) atoms. The molecular formula is C36H61NO2. The van der Waals surface area contributed by atoms with Crippen molar-refractivity contribution >= 4 is 0 Å². The minimum absolute atomic E-state index is 0.473. The van der Waals surface area contributed by atoms with Crippen molar-refractivity contribution in [2.45, 2.75) is 160 Å². The van der Waals surface area contributed by atoms with Gasteiger partial charge >= 0.3 is 0 Å². The summed E-state index contributed by atoms with van der Waals surface area (Å²) in [5, 5.41) is 0. The van der Waals surface area contributed by atoms with Crippen LogP contribution in [0.2, 0.25) is 0 Å². The van der Waals surface area contributed by atoms with Crippen molar-refractivity contribution in [1.82, 2.24) is 4.90 Å². The Balaban J connectivity index is 1.04. The molecule has 7 aliphatic rings. The van der Waals surface area contributed by atoms with Gasteiger partial charge in [0.15, 0.2) is 0 Å². The molecule has 7 rings (SSSR count). The van der Waals surface area contributed by atoms with Gasteiger partial charge in [0.1, 0.15) is 0 Å². The maximum atomic E-state index is 6.82. The van der Waals surface area contributed by atoms with Gasteiger partial charge in [-0.15, -0.1) is 0 Å². The Kier molecular flexibility index (Phi) is 7.94. The quantitative estimate of drug-likeness (QED) is 0.338. The largest absolute Gasteiger partial charge is 0.381 e. The average molecular weight is 540 g/mol. The lowest BCUT2D eigenvalue weighted by molar-refractivity contribution is -0.0281. The number of hydrogen-bond donors (Lipinski definition) is 0. The molecular weight excluding hydrogens is 478 g/mol. The van der Waals surface area contributed by atoms with Crippen molar-refractivity contribution in [2.24, 2.45) is 52.8 Å². The van der Waals surface area contributed by atoms with Crippen LogP contribution in [0.1, 0.15) is 130 Å². The molecule has 0 amide bonds. The number of likely N-dealkylation sites (tertiary alicyclic amines) is 1. The molecule has 0 aromatic heterocycles. The van der Waals surface area contributed by atoms with Crippen LogP contribution in [0.3, 0.4) is 0 Å². The molecule has 3 nitrogen and oxygen atoms in total. The molecule has 7 fully saturated rings. The van der Waals surface area contributed by atoms with E-state index in [0.29, 0.717) is 23.7 Å². The van der Waals surface area contributed by atoms with Gasteiger partial charge in [0, 0.05) is 25.7 Å². The highest BCUT2D eigenvalue weighted by Gasteiger charge is 2.60. The van der Waals surface area contributed by atoms with Crippen molar-refractivity contribution < 1.29 is 9.47 Å². The van der Waals surface area contributed by atoms with Crippen LogP contribution in [-0.2, 0) is 9.47 Å². The molecule has 5 saturated carbocycles. The van der Waals surface area contributed by atoms with Gasteiger partial charge in [-0.25, -0.2) is 0 Å². The fourth-order valence-electron chi connectivity index (χ4n) is 12.4. The summed E-state index contributed by atoms with van der Waals surface area (Å²) in [7, 11) is 1.92. The summed E-state index contributed by atoms with van der Waals surface area (Å²) in [6.07, 6.45) is 26.1. The predicted octanol–water partition coefficient (Wildman–Crippen LogP) is 8.50. The number of ether oxygens (including phenoxy) is 2. The maximum Gasteiger partial charge on any atom is 0.0613 e. The average Bonchev–Trinajstić information content (AvgIpc) is 3.55. The lowest BCUT2D eigenvalue weighted by Gasteiger charge is -2.42. The Labute approximate surface area is 240 Å². The van der Waals surface area contributed by atoms with E-state index in [1.54, 1.807) is 0 Å². The first kappa shape index (κ1) is 27.7. The predicted molar refractivity (Wildman–Crippen MR) is 160 cm³/mol. The highest BCUT2D eigenvalue weighted by atomic mass is 16.5. The summed E-state index contributed by atoms with van der Waals surface area (Å²) in [6, 6.07) is 1.77. The van der Waals surface area contributed by atoms with Gasteiger partial charge in [0.2, 0.25) is 0 Å². The Morgan fingerprint density at radius 3 is 2.36 bits per heavy atom.